The van der Waals surface area contributed by atoms with Gasteiger partial charge in [-0.25, -0.2) is 0 Å². The highest BCUT2D eigenvalue weighted by atomic mass is 79.9. The Hall–Kier alpha value is 1.05. The molecule has 0 saturated carbocycles. The van der Waals surface area contributed by atoms with Gasteiger partial charge >= 0.3 is 0 Å². The average Bonchev–Trinajstić information content (AvgIpc) is 1.30. The molecule has 0 aliphatic heterocycles. The molecule has 2 nitrogen and oxygen atoms in total. The molecule has 0 aromatic heterocycles. The quantitative estimate of drug-likeness (QED) is 0.694. The Kier molecular flexibility index (Phi) is 3.62. The highest BCUT2D eigenvalue weighted by molar-refractivity contribution is 9.42. The van der Waals surface area contributed by atoms with Crippen molar-refractivity contribution in [2.75, 3.05) is 6.61 Å². The van der Waals surface area contributed by atoms with E-state index in [-0.39, 0.29) is 0 Å². The van der Waals surface area contributed by atoms with Crippen LogP contribution in [0.3, 0.4) is 0 Å². The van der Waals surface area contributed by atoms with E-state index in [2.05, 4.69) is 31.8 Å². The van der Waals surface area contributed by atoms with Crippen LogP contribution in [0.2, 0.25) is 0 Å². The minimum absolute atomic E-state index is 0.457. The summed E-state index contributed by atoms with van der Waals surface area (Å²) in [4.78, 5) is 8.64. The van der Waals surface area contributed by atoms with Gasteiger partial charge in [0.25, 0.3) is 5.19 Å². The predicted molar refractivity (Wildman–Crippen MR) is 37.1 cm³/mol. The van der Waals surface area contributed by atoms with Crippen LogP contribution in [0, 0.1) is 0 Å². The van der Waals surface area contributed by atoms with Gasteiger partial charge in [-0.2, -0.15) is 0 Å². The van der Waals surface area contributed by atoms with Crippen LogP contribution >= 0.6 is 20.7 Å². The van der Waals surface area contributed by atoms with E-state index in [4.69, 9.17) is 4.89 Å². The molecule has 0 bridgehead atoms. The fourth-order valence-corrected chi connectivity index (χ4v) is 1.41. The summed E-state index contributed by atoms with van der Waals surface area (Å²) in [5, 5.41) is -2.52. The minimum atomic E-state index is -2.52. The second kappa shape index (κ2) is 3.15. The lowest BCUT2D eigenvalue weighted by atomic mass is 10.9. The molecule has 0 fully saturated rings. The van der Waals surface area contributed by atoms with E-state index in [9.17, 15) is 0 Å². The summed E-state index contributed by atoms with van der Waals surface area (Å²) in [5.41, 5.74) is 0. The Morgan fingerprint density at radius 1 is 2.00 bits per heavy atom. The molecule has 5 heteroatoms. The maximum absolute atomic E-state index is 8.64. The molecular formula is C2H6BrO2PS. The molecule has 0 spiro atoms. The van der Waals surface area contributed by atoms with Gasteiger partial charge in [-0.3, -0.25) is 0 Å². The SMILES string of the molecule is CCOP(O)(=S)Br. The molecule has 0 aliphatic carbocycles. The third-order valence-electron chi connectivity index (χ3n) is 0.288. The standard InChI is InChI=1S/C2H6BrO2PS/c1-2-5-6(3,4)7/h2H2,1H3,(H,4,7). The van der Waals surface area contributed by atoms with E-state index in [1.807, 2.05) is 0 Å². The Morgan fingerprint density at radius 3 is 2.43 bits per heavy atom. The normalized spacial score (nSPS) is 18.7. The minimum Gasteiger partial charge on any atom is -0.337 e. The first-order valence-electron chi connectivity index (χ1n) is 1.73. The van der Waals surface area contributed by atoms with Gasteiger partial charge in [0.1, 0.15) is 0 Å². The van der Waals surface area contributed by atoms with Crippen LogP contribution in [0.1, 0.15) is 6.92 Å². The smallest absolute Gasteiger partial charge is 0.252 e. The first kappa shape index (κ1) is 8.05. The van der Waals surface area contributed by atoms with Gasteiger partial charge in [-0.05, 0) is 18.7 Å². The predicted octanol–water partition coefficient (Wildman–Crippen LogP) is 1.63. The van der Waals surface area contributed by atoms with Crippen molar-refractivity contribution in [3.8, 4) is 0 Å². The lowest BCUT2D eigenvalue weighted by Gasteiger charge is -2.02. The zero-order chi connectivity index (χ0) is 5.91. The Labute approximate surface area is 55.8 Å². The average molecular weight is 205 g/mol. The zero-order valence-electron chi connectivity index (χ0n) is 3.80. The molecule has 44 valence electrons. The zero-order valence-corrected chi connectivity index (χ0v) is 7.09. The molecule has 1 atom stereocenters. The molecule has 0 amide bonds. The molecule has 7 heavy (non-hydrogen) atoms. The molecular weight excluding hydrogens is 199 g/mol. The third-order valence-corrected chi connectivity index (χ3v) is 1.80. The van der Waals surface area contributed by atoms with E-state index in [0.29, 0.717) is 6.61 Å². The lowest BCUT2D eigenvalue weighted by molar-refractivity contribution is 0.342. The second-order valence-corrected chi connectivity index (χ2v) is 7.81. The van der Waals surface area contributed by atoms with Crippen LogP contribution in [0.15, 0.2) is 0 Å². The van der Waals surface area contributed by atoms with Crippen molar-refractivity contribution in [1.82, 2.24) is 0 Å². The van der Waals surface area contributed by atoms with Crippen LogP contribution in [0.25, 0.3) is 0 Å². The first-order chi connectivity index (χ1) is 3.06. The Bertz CT molecular complexity index is 89.7. The van der Waals surface area contributed by atoms with E-state index < -0.39 is 5.19 Å². The van der Waals surface area contributed by atoms with Crippen molar-refractivity contribution in [3.63, 3.8) is 0 Å². The number of hydrogen-bond donors (Lipinski definition) is 1. The van der Waals surface area contributed by atoms with Crippen molar-refractivity contribution in [1.29, 1.82) is 0 Å². The van der Waals surface area contributed by atoms with Gasteiger partial charge in [-0.15, -0.1) is 0 Å². The van der Waals surface area contributed by atoms with Gasteiger partial charge in [-0.1, -0.05) is 0 Å². The van der Waals surface area contributed by atoms with E-state index >= 15 is 0 Å². The summed E-state index contributed by atoms with van der Waals surface area (Å²) in [6, 6.07) is 0. The third kappa shape index (κ3) is 7.05. The Balaban J connectivity index is 3.36. The summed E-state index contributed by atoms with van der Waals surface area (Å²) in [5.74, 6) is 0. The largest absolute Gasteiger partial charge is 0.337 e. The first-order valence-corrected chi connectivity index (χ1v) is 6.42. The van der Waals surface area contributed by atoms with Crippen molar-refractivity contribution in [2.45, 2.75) is 6.92 Å². The van der Waals surface area contributed by atoms with Gasteiger partial charge < -0.3 is 9.42 Å². The molecule has 0 rings (SSSR count). The summed E-state index contributed by atoms with van der Waals surface area (Å²) in [6.07, 6.45) is 0. The van der Waals surface area contributed by atoms with Crippen LogP contribution in [0.5, 0.6) is 0 Å². The van der Waals surface area contributed by atoms with Crippen LogP contribution in [-0.4, -0.2) is 11.5 Å². The summed E-state index contributed by atoms with van der Waals surface area (Å²) < 4.78 is 4.63. The highest BCUT2D eigenvalue weighted by Gasteiger charge is 2.02. The van der Waals surface area contributed by atoms with E-state index in [0.717, 1.165) is 0 Å². The van der Waals surface area contributed by atoms with Crippen molar-refractivity contribution < 1.29 is 9.42 Å². The highest BCUT2D eigenvalue weighted by Crippen LogP contribution is 2.50. The summed E-state index contributed by atoms with van der Waals surface area (Å²) in [7, 11) is 0. The van der Waals surface area contributed by atoms with Gasteiger partial charge in [0.15, 0.2) is 0 Å². The van der Waals surface area contributed by atoms with Crippen molar-refractivity contribution >= 4 is 32.5 Å². The molecule has 0 aliphatic rings. The number of halogens is 1. The molecule has 1 unspecified atom stereocenters. The van der Waals surface area contributed by atoms with Crippen molar-refractivity contribution in [3.05, 3.63) is 0 Å². The maximum Gasteiger partial charge on any atom is 0.252 e. The lowest BCUT2D eigenvalue weighted by Crippen LogP contribution is -1.78. The Morgan fingerprint density at radius 2 is 2.43 bits per heavy atom. The number of rotatable bonds is 2. The summed E-state index contributed by atoms with van der Waals surface area (Å²) in [6.45, 7) is 2.23. The van der Waals surface area contributed by atoms with Gasteiger partial charge in [0.05, 0.1) is 6.61 Å². The fourth-order valence-electron chi connectivity index (χ4n) is 0.159. The van der Waals surface area contributed by atoms with E-state index in [1.165, 1.54) is 0 Å². The molecule has 1 N–H and O–H groups in total. The van der Waals surface area contributed by atoms with Gasteiger partial charge in [0.2, 0.25) is 0 Å². The molecule has 0 saturated heterocycles. The monoisotopic (exact) mass is 204 g/mol. The molecule has 0 heterocycles. The van der Waals surface area contributed by atoms with Crippen LogP contribution < -0.4 is 0 Å². The van der Waals surface area contributed by atoms with Crippen LogP contribution in [0.4, 0.5) is 0 Å². The molecule has 0 radical (unpaired) electrons. The molecule has 0 aromatic carbocycles. The topological polar surface area (TPSA) is 29.5 Å². The second-order valence-electron chi connectivity index (χ2n) is 0.869. The maximum atomic E-state index is 8.64. The van der Waals surface area contributed by atoms with Crippen LogP contribution in [-0.2, 0) is 16.3 Å². The van der Waals surface area contributed by atoms with Gasteiger partial charge in [0, 0.05) is 15.5 Å². The molecule has 0 aromatic rings. The number of hydrogen-bond acceptors (Lipinski definition) is 2. The van der Waals surface area contributed by atoms with E-state index in [1.54, 1.807) is 6.92 Å². The summed E-state index contributed by atoms with van der Waals surface area (Å²) >= 11 is 7.24. The fraction of sp³-hybridized carbons (Fsp3) is 1.00. The van der Waals surface area contributed by atoms with Crippen molar-refractivity contribution in [2.24, 2.45) is 0 Å².